The molecule has 0 radical (unpaired) electrons. The van der Waals surface area contributed by atoms with Crippen molar-refractivity contribution in [2.75, 3.05) is 13.2 Å². The second-order valence-corrected chi connectivity index (χ2v) is 7.06. The number of hydrogen-bond acceptors (Lipinski definition) is 4. The lowest BCUT2D eigenvalue weighted by atomic mass is 10.1. The van der Waals surface area contributed by atoms with Crippen molar-refractivity contribution in [2.24, 2.45) is 4.99 Å². The summed E-state index contributed by atoms with van der Waals surface area (Å²) in [6, 6.07) is 6.87. The minimum absolute atomic E-state index is 0.0370. The van der Waals surface area contributed by atoms with Crippen molar-refractivity contribution < 1.29 is 18.7 Å². The van der Waals surface area contributed by atoms with E-state index < -0.39 is 5.82 Å². The normalized spacial score (nSPS) is 11.4. The number of aliphatic imine (C=N–C) groups is 1. The molecule has 0 unspecified atom stereocenters. The molecule has 0 atom stereocenters. The fraction of sp³-hybridized carbons (Fsp3) is 0.263. The SMILES string of the molecule is CCOc1cc(Br)cc(F)c1C=O.CCOc1cc(Br)cc2c1C=NC2. The van der Waals surface area contributed by atoms with E-state index in [0.29, 0.717) is 24.0 Å². The van der Waals surface area contributed by atoms with Gasteiger partial charge in [0.05, 0.1) is 25.3 Å². The number of carbonyl (C=O) groups excluding carboxylic acids is 1. The lowest BCUT2D eigenvalue weighted by Gasteiger charge is -2.08. The molecule has 138 valence electrons. The summed E-state index contributed by atoms with van der Waals surface area (Å²) in [6.07, 6.45) is 2.33. The van der Waals surface area contributed by atoms with Gasteiger partial charge in [-0.1, -0.05) is 31.9 Å². The maximum Gasteiger partial charge on any atom is 0.156 e. The van der Waals surface area contributed by atoms with Crippen LogP contribution in [0.25, 0.3) is 0 Å². The van der Waals surface area contributed by atoms with Crippen LogP contribution in [0.5, 0.6) is 11.5 Å². The van der Waals surface area contributed by atoms with Gasteiger partial charge in [-0.3, -0.25) is 9.79 Å². The largest absolute Gasteiger partial charge is 0.493 e. The van der Waals surface area contributed by atoms with Gasteiger partial charge in [-0.2, -0.15) is 0 Å². The van der Waals surface area contributed by atoms with Gasteiger partial charge in [0.15, 0.2) is 6.29 Å². The van der Waals surface area contributed by atoms with E-state index >= 15 is 0 Å². The number of aldehydes is 1. The molecule has 3 rings (SSSR count). The van der Waals surface area contributed by atoms with Crippen molar-refractivity contribution in [3.63, 3.8) is 0 Å². The molecule has 4 nitrogen and oxygen atoms in total. The summed E-state index contributed by atoms with van der Waals surface area (Å²) in [7, 11) is 0. The Morgan fingerprint density at radius 3 is 2.35 bits per heavy atom. The van der Waals surface area contributed by atoms with Crippen LogP contribution in [0.2, 0.25) is 0 Å². The fourth-order valence-electron chi connectivity index (χ4n) is 2.39. The van der Waals surface area contributed by atoms with Gasteiger partial charge in [0.1, 0.15) is 17.3 Å². The summed E-state index contributed by atoms with van der Waals surface area (Å²) >= 11 is 6.56. The van der Waals surface area contributed by atoms with Crippen LogP contribution >= 0.6 is 31.9 Å². The standard InChI is InChI=1S/C10H10BrNO.C9H8BrFO2/c1-2-13-10-4-8(11)3-7-5-12-6-9(7)10;1-2-13-9-4-6(10)3-8(11)7(9)5-12/h3-4,6H,2,5H2,1H3;3-5H,2H2,1H3. The van der Waals surface area contributed by atoms with E-state index in [1.807, 2.05) is 19.2 Å². The van der Waals surface area contributed by atoms with Gasteiger partial charge < -0.3 is 9.47 Å². The molecule has 0 saturated heterocycles. The van der Waals surface area contributed by atoms with Crippen molar-refractivity contribution in [3.05, 3.63) is 55.7 Å². The summed E-state index contributed by atoms with van der Waals surface area (Å²) in [5, 5.41) is 0. The summed E-state index contributed by atoms with van der Waals surface area (Å²) < 4.78 is 25.3. The Balaban J connectivity index is 0.000000187. The lowest BCUT2D eigenvalue weighted by molar-refractivity contribution is 0.111. The van der Waals surface area contributed by atoms with Gasteiger partial charge in [-0.05, 0) is 43.7 Å². The number of benzene rings is 2. The van der Waals surface area contributed by atoms with Crippen LogP contribution in [0.3, 0.4) is 0 Å². The molecular formula is C19H18Br2FNO3. The number of rotatable bonds is 5. The summed E-state index contributed by atoms with van der Waals surface area (Å²) in [5.41, 5.74) is 2.33. The molecule has 26 heavy (non-hydrogen) atoms. The fourth-order valence-corrected chi connectivity index (χ4v) is 3.28. The first-order chi connectivity index (χ1) is 12.5. The van der Waals surface area contributed by atoms with Gasteiger partial charge in [-0.25, -0.2) is 4.39 Å². The first-order valence-electron chi connectivity index (χ1n) is 8.02. The van der Waals surface area contributed by atoms with E-state index in [4.69, 9.17) is 9.47 Å². The second-order valence-electron chi connectivity index (χ2n) is 5.23. The zero-order valence-corrected chi connectivity index (χ0v) is 17.6. The van der Waals surface area contributed by atoms with Crippen LogP contribution in [0.15, 0.2) is 38.2 Å². The predicted molar refractivity (Wildman–Crippen MR) is 107 cm³/mol. The maximum absolute atomic E-state index is 13.1. The van der Waals surface area contributed by atoms with Crippen molar-refractivity contribution in [1.29, 1.82) is 0 Å². The predicted octanol–water partition coefficient (Wildman–Crippen LogP) is 5.58. The Hall–Kier alpha value is -1.73. The smallest absolute Gasteiger partial charge is 0.156 e. The van der Waals surface area contributed by atoms with E-state index in [-0.39, 0.29) is 11.3 Å². The molecule has 1 aliphatic heterocycles. The molecule has 0 aliphatic carbocycles. The molecule has 7 heteroatoms. The molecule has 0 amide bonds. The van der Waals surface area contributed by atoms with Crippen LogP contribution in [0.4, 0.5) is 4.39 Å². The molecule has 1 aliphatic rings. The van der Waals surface area contributed by atoms with Crippen molar-refractivity contribution in [1.82, 2.24) is 0 Å². The highest BCUT2D eigenvalue weighted by molar-refractivity contribution is 9.10. The van der Waals surface area contributed by atoms with Gasteiger partial charge in [0.2, 0.25) is 0 Å². The molecule has 0 N–H and O–H groups in total. The Labute approximate surface area is 168 Å². The van der Waals surface area contributed by atoms with Crippen LogP contribution < -0.4 is 9.47 Å². The molecule has 1 heterocycles. The summed E-state index contributed by atoms with van der Waals surface area (Å²) in [6.45, 7) is 5.62. The molecule has 2 aromatic carbocycles. The molecule has 0 aromatic heterocycles. The molecule has 0 bridgehead atoms. The Morgan fingerprint density at radius 1 is 1.08 bits per heavy atom. The third-order valence-corrected chi connectivity index (χ3v) is 4.36. The Kier molecular flexibility index (Phi) is 7.78. The zero-order valence-electron chi connectivity index (χ0n) is 14.4. The Bertz CT molecular complexity index is 809. The number of carbonyl (C=O) groups is 1. The van der Waals surface area contributed by atoms with E-state index in [1.54, 1.807) is 13.0 Å². The average molecular weight is 487 g/mol. The van der Waals surface area contributed by atoms with Gasteiger partial charge in [0.25, 0.3) is 0 Å². The van der Waals surface area contributed by atoms with Crippen molar-refractivity contribution >= 4 is 44.4 Å². The van der Waals surface area contributed by atoms with Gasteiger partial charge in [-0.15, -0.1) is 0 Å². The van der Waals surface area contributed by atoms with E-state index in [0.717, 1.165) is 22.3 Å². The number of ether oxygens (including phenoxy) is 2. The highest BCUT2D eigenvalue weighted by atomic mass is 79.9. The summed E-state index contributed by atoms with van der Waals surface area (Å²) in [5.74, 6) is 0.616. The minimum Gasteiger partial charge on any atom is -0.493 e. The highest BCUT2D eigenvalue weighted by Crippen LogP contribution is 2.29. The van der Waals surface area contributed by atoms with E-state index in [9.17, 15) is 9.18 Å². The first-order valence-corrected chi connectivity index (χ1v) is 9.60. The second kappa shape index (κ2) is 9.83. The van der Waals surface area contributed by atoms with Crippen LogP contribution in [0, 0.1) is 5.82 Å². The van der Waals surface area contributed by atoms with Gasteiger partial charge in [0, 0.05) is 20.7 Å². The first kappa shape index (κ1) is 20.6. The topological polar surface area (TPSA) is 47.9 Å². The molecule has 2 aromatic rings. The molecule has 0 spiro atoms. The number of nitrogens with zero attached hydrogens (tertiary/aromatic N) is 1. The third-order valence-electron chi connectivity index (χ3n) is 3.45. The zero-order chi connectivity index (χ0) is 19.1. The number of fused-ring (bicyclic) bond motifs is 1. The van der Waals surface area contributed by atoms with E-state index in [2.05, 4.69) is 42.9 Å². The van der Waals surface area contributed by atoms with Crippen LogP contribution in [0.1, 0.15) is 35.3 Å². The third kappa shape index (κ3) is 5.14. The maximum atomic E-state index is 13.1. The van der Waals surface area contributed by atoms with Crippen LogP contribution in [-0.4, -0.2) is 25.7 Å². The average Bonchev–Trinajstić information content (AvgIpc) is 3.04. The Morgan fingerprint density at radius 2 is 1.69 bits per heavy atom. The number of halogens is 3. The molecule has 0 saturated carbocycles. The lowest BCUT2D eigenvalue weighted by Crippen LogP contribution is -1.98. The molecule has 0 fully saturated rings. The quantitative estimate of drug-likeness (QED) is 0.518. The van der Waals surface area contributed by atoms with Gasteiger partial charge >= 0.3 is 0 Å². The minimum atomic E-state index is -0.576. The van der Waals surface area contributed by atoms with Crippen LogP contribution in [-0.2, 0) is 6.54 Å². The molecular weight excluding hydrogens is 469 g/mol. The summed E-state index contributed by atoms with van der Waals surface area (Å²) in [4.78, 5) is 14.7. The van der Waals surface area contributed by atoms with Crippen molar-refractivity contribution in [3.8, 4) is 11.5 Å². The monoisotopic (exact) mass is 485 g/mol. The highest BCUT2D eigenvalue weighted by Gasteiger charge is 2.13. The van der Waals surface area contributed by atoms with E-state index in [1.165, 1.54) is 11.6 Å². The van der Waals surface area contributed by atoms with Crippen molar-refractivity contribution in [2.45, 2.75) is 20.4 Å². The number of hydrogen-bond donors (Lipinski definition) is 0.